The molecule has 1 atom stereocenters. The Balaban J connectivity index is 1.37. The molecule has 0 bridgehead atoms. The maximum absolute atomic E-state index is 13.3. The Labute approximate surface area is 160 Å². The van der Waals surface area contributed by atoms with Crippen LogP contribution in [0.2, 0.25) is 0 Å². The lowest BCUT2D eigenvalue weighted by Gasteiger charge is -2.10. The van der Waals surface area contributed by atoms with E-state index in [0.29, 0.717) is 43.1 Å². The number of nitrogens with one attached hydrogen (secondary N) is 1. The highest BCUT2D eigenvalue weighted by molar-refractivity contribution is 5.78. The molecule has 0 saturated carbocycles. The summed E-state index contributed by atoms with van der Waals surface area (Å²) in [6, 6.07) is 9.45. The number of aromatic nitrogens is 2. The first-order valence-electron chi connectivity index (χ1n) is 9.02. The quantitative estimate of drug-likeness (QED) is 0.708. The van der Waals surface area contributed by atoms with Gasteiger partial charge in [-0.1, -0.05) is 6.07 Å². The molecule has 1 N–H and O–H groups in total. The molecule has 1 aromatic carbocycles. The maximum atomic E-state index is 13.3. The zero-order chi connectivity index (χ0) is 19.7. The molecule has 6 nitrogen and oxygen atoms in total. The third-order valence-electron chi connectivity index (χ3n) is 4.79. The van der Waals surface area contributed by atoms with Gasteiger partial charge in [0.25, 0.3) is 0 Å². The molecular weight excluding hydrogens is 366 g/mol. The smallest absolute Gasteiger partial charge is 0.224 e. The van der Waals surface area contributed by atoms with Gasteiger partial charge in [0, 0.05) is 32.3 Å². The second-order valence-corrected chi connectivity index (χ2v) is 6.97. The van der Waals surface area contributed by atoms with Crippen LogP contribution in [-0.2, 0) is 17.9 Å². The largest absolute Gasteiger partial charge is 0.458 e. The van der Waals surface area contributed by atoms with E-state index >= 15 is 0 Å². The molecule has 2 aromatic heterocycles. The highest BCUT2D eigenvalue weighted by Crippen LogP contribution is 2.21. The van der Waals surface area contributed by atoms with Gasteiger partial charge in [0.05, 0.1) is 13.1 Å². The number of carbonyl (C=O) groups is 1. The Morgan fingerprint density at radius 2 is 2.07 bits per heavy atom. The van der Waals surface area contributed by atoms with Crippen molar-refractivity contribution in [1.29, 1.82) is 0 Å². The molecule has 0 unspecified atom stereocenters. The van der Waals surface area contributed by atoms with Crippen LogP contribution in [0.25, 0.3) is 11.5 Å². The first-order chi connectivity index (χ1) is 13.5. The summed E-state index contributed by atoms with van der Waals surface area (Å²) in [5, 5.41) is 7.76. The van der Waals surface area contributed by atoms with Crippen molar-refractivity contribution in [3.8, 4) is 11.5 Å². The number of rotatable bonds is 6. The minimum atomic E-state index is -0.872. The highest BCUT2D eigenvalue weighted by atomic mass is 19.2. The molecule has 1 amide bonds. The van der Waals surface area contributed by atoms with Gasteiger partial charge in [0.1, 0.15) is 11.5 Å². The topological polar surface area (TPSA) is 63.3 Å². The van der Waals surface area contributed by atoms with Crippen molar-refractivity contribution < 1.29 is 18.0 Å². The van der Waals surface area contributed by atoms with Crippen LogP contribution in [-0.4, -0.2) is 40.2 Å². The third kappa shape index (κ3) is 3.96. The molecule has 4 rings (SSSR count). The lowest BCUT2D eigenvalue weighted by atomic mass is 10.2. The van der Waals surface area contributed by atoms with Crippen LogP contribution in [0, 0.1) is 11.6 Å². The van der Waals surface area contributed by atoms with E-state index in [1.54, 1.807) is 28.9 Å². The SMILES string of the molecule is CN1C[C@H](NCc2ccc(-c3ccn(Cc4ccc(F)c(F)c4)n3)o2)CC1=O. The monoisotopic (exact) mass is 386 g/mol. The molecule has 1 fully saturated rings. The Morgan fingerprint density at radius 1 is 1.21 bits per heavy atom. The summed E-state index contributed by atoms with van der Waals surface area (Å²) >= 11 is 0. The van der Waals surface area contributed by atoms with Crippen LogP contribution >= 0.6 is 0 Å². The second kappa shape index (κ2) is 7.55. The van der Waals surface area contributed by atoms with Gasteiger partial charge >= 0.3 is 0 Å². The van der Waals surface area contributed by atoms with Crippen molar-refractivity contribution in [2.75, 3.05) is 13.6 Å². The fourth-order valence-electron chi connectivity index (χ4n) is 3.26. The van der Waals surface area contributed by atoms with Gasteiger partial charge in [-0.2, -0.15) is 5.10 Å². The summed E-state index contributed by atoms with van der Waals surface area (Å²) in [6.45, 7) is 1.55. The van der Waals surface area contributed by atoms with E-state index in [1.165, 1.54) is 12.1 Å². The van der Waals surface area contributed by atoms with Crippen LogP contribution in [0.4, 0.5) is 8.78 Å². The van der Waals surface area contributed by atoms with Crippen molar-refractivity contribution in [3.05, 3.63) is 65.6 Å². The number of likely N-dealkylation sites (tertiary alicyclic amines) is 1. The number of hydrogen-bond acceptors (Lipinski definition) is 4. The van der Waals surface area contributed by atoms with Crippen LogP contribution in [0.3, 0.4) is 0 Å². The minimum absolute atomic E-state index is 0.126. The number of hydrogen-bond donors (Lipinski definition) is 1. The van der Waals surface area contributed by atoms with E-state index in [2.05, 4.69) is 10.4 Å². The van der Waals surface area contributed by atoms with E-state index in [0.717, 1.165) is 11.8 Å². The van der Waals surface area contributed by atoms with Crippen LogP contribution in [0.5, 0.6) is 0 Å². The summed E-state index contributed by atoms with van der Waals surface area (Å²) in [4.78, 5) is 13.3. The first kappa shape index (κ1) is 18.4. The summed E-state index contributed by atoms with van der Waals surface area (Å²) in [7, 11) is 1.80. The van der Waals surface area contributed by atoms with Crippen molar-refractivity contribution >= 4 is 5.91 Å². The Morgan fingerprint density at radius 3 is 2.82 bits per heavy atom. The fourth-order valence-corrected chi connectivity index (χ4v) is 3.26. The van der Waals surface area contributed by atoms with Crippen molar-refractivity contribution in [2.24, 2.45) is 0 Å². The van der Waals surface area contributed by atoms with Gasteiger partial charge in [0.15, 0.2) is 17.4 Å². The van der Waals surface area contributed by atoms with Gasteiger partial charge < -0.3 is 14.6 Å². The predicted octanol–water partition coefficient (Wildman–Crippen LogP) is 2.79. The Bertz CT molecular complexity index is 998. The number of furan rings is 1. The van der Waals surface area contributed by atoms with E-state index in [1.807, 2.05) is 12.1 Å². The van der Waals surface area contributed by atoms with Crippen molar-refractivity contribution in [2.45, 2.75) is 25.6 Å². The predicted molar refractivity (Wildman–Crippen MR) is 98.3 cm³/mol. The van der Waals surface area contributed by atoms with Gasteiger partial charge in [-0.25, -0.2) is 8.78 Å². The van der Waals surface area contributed by atoms with Crippen molar-refractivity contribution in [3.63, 3.8) is 0 Å². The van der Waals surface area contributed by atoms with Gasteiger partial charge in [-0.05, 0) is 35.9 Å². The second-order valence-electron chi connectivity index (χ2n) is 6.97. The summed E-state index contributed by atoms with van der Waals surface area (Å²) < 4.78 is 33.8. The molecular formula is C20H20F2N4O2. The maximum Gasteiger partial charge on any atom is 0.224 e. The molecule has 146 valence electrons. The Kier molecular flexibility index (Phi) is 4.95. The molecule has 0 aliphatic carbocycles. The summed E-state index contributed by atoms with van der Waals surface area (Å²) in [5.74, 6) is -0.213. The molecule has 0 radical (unpaired) electrons. The van der Waals surface area contributed by atoms with Gasteiger partial charge in [-0.3, -0.25) is 9.48 Å². The molecule has 1 aliphatic heterocycles. The molecule has 3 aromatic rings. The van der Waals surface area contributed by atoms with Crippen molar-refractivity contribution in [1.82, 2.24) is 20.0 Å². The normalized spacial score (nSPS) is 16.9. The zero-order valence-electron chi connectivity index (χ0n) is 15.4. The van der Waals surface area contributed by atoms with E-state index < -0.39 is 11.6 Å². The molecule has 28 heavy (non-hydrogen) atoms. The lowest BCUT2D eigenvalue weighted by Crippen LogP contribution is -2.30. The van der Waals surface area contributed by atoms with E-state index in [4.69, 9.17) is 4.42 Å². The van der Waals surface area contributed by atoms with Crippen LogP contribution in [0.15, 0.2) is 47.0 Å². The average Bonchev–Trinajstić information content (AvgIpc) is 3.38. The zero-order valence-corrected chi connectivity index (χ0v) is 15.4. The lowest BCUT2D eigenvalue weighted by molar-refractivity contribution is -0.126. The molecule has 8 heteroatoms. The van der Waals surface area contributed by atoms with Crippen LogP contribution in [0.1, 0.15) is 17.7 Å². The molecule has 3 heterocycles. The highest BCUT2D eigenvalue weighted by Gasteiger charge is 2.26. The standard InChI is InChI=1S/C20H20F2N4O2/c1-25-12-14(9-20(25)27)23-10-15-3-5-19(28-15)18-6-7-26(24-18)11-13-2-4-16(21)17(22)8-13/h2-8,14,23H,9-12H2,1H3/t14-/m1/s1. The first-order valence-corrected chi connectivity index (χ1v) is 9.02. The fraction of sp³-hybridized carbons (Fsp3) is 0.300. The molecule has 0 spiro atoms. The molecule has 1 aliphatic rings. The summed E-state index contributed by atoms with van der Waals surface area (Å²) in [5.41, 5.74) is 1.28. The Hall–Kier alpha value is -3.00. The number of benzene rings is 1. The number of carbonyl (C=O) groups excluding carboxylic acids is 1. The average molecular weight is 386 g/mol. The van der Waals surface area contributed by atoms with E-state index in [9.17, 15) is 13.6 Å². The van der Waals surface area contributed by atoms with Gasteiger partial charge in [-0.15, -0.1) is 0 Å². The number of halogens is 2. The summed E-state index contributed by atoms with van der Waals surface area (Å²) in [6.07, 6.45) is 2.26. The van der Waals surface area contributed by atoms with Crippen LogP contribution < -0.4 is 5.32 Å². The molecule has 1 saturated heterocycles. The minimum Gasteiger partial charge on any atom is -0.458 e. The number of nitrogens with zero attached hydrogens (tertiary/aromatic N) is 3. The number of amides is 1. The van der Waals surface area contributed by atoms with E-state index in [-0.39, 0.29) is 11.9 Å². The number of likely N-dealkylation sites (N-methyl/N-ethyl adjacent to an activating group) is 1. The third-order valence-corrected chi connectivity index (χ3v) is 4.79. The van der Waals surface area contributed by atoms with Gasteiger partial charge in [0.2, 0.25) is 5.91 Å².